The van der Waals surface area contributed by atoms with E-state index in [9.17, 15) is 5.11 Å². The van der Waals surface area contributed by atoms with Gasteiger partial charge >= 0.3 is 0 Å². The summed E-state index contributed by atoms with van der Waals surface area (Å²) in [4.78, 5) is 0. The molecule has 0 spiro atoms. The number of hydrogen-bond acceptors (Lipinski definition) is 4. The fraction of sp³-hybridized carbons (Fsp3) is 0.143. The van der Waals surface area contributed by atoms with Crippen molar-refractivity contribution < 1.29 is 14.6 Å². The molecule has 5 heteroatoms. The highest BCUT2D eigenvalue weighted by Gasteiger charge is 2.06. The predicted octanol–water partition coefficient (Wildman–Crippen LogP) is 3.32. The third kappa shape index (κ3) is 3.12. The molecule has 100 valence electrons. The number of rotatable bonds is 4. The summed E-state index contributed by atoms with van der Waals surface area (Å²) in [5, 5.41) is 9.48. The molecule has 0 unspecified atom stereocenters. The Labute approximate surface area is 119 Å². The quantitative estimate of drug-likeness (QED) is 0.669. The Morgan fingerprint density at radius 2 is 2.00 bits per heavy atom. The Kier molecular flexibility index (Phi) is 4.16. The first kappa shape index (κ1) is 13.5. The van der Waals surface area contributed by atoms with Crippen molar-refractivity contribution in [2.75, 3.05) is 12.8 Å². The van der Waals surface area contributed by atoms with Crippen LogP contribution >= 0.6 is 15.9 Å². The van der Waals surface area contributed by atoms with Crippen LogP contribution in [0, 0.1) is 0 Å². The summed E-state index contributed by atoms with van der Waals surface area (Å²) < 4.78 is 11.6. The van der Waals surface area contributed by atoms with Crippen LogP contribution in [0.15, 0.2) is 40.9 Å². The number of benzene rings is 2. The van der Waals surface area contributed by atoms with Crippen LogP contribution in [0.1, 0.15) is 5.56 Å². The van der Waals surface area contributed by atoms with Gasteiger partial charge in [0.25, 0.3) is 0 Å². The Bertz CT molecular complexity index is 587. The van der Waals surface area contributed by atoms with Crippen molar-refractivity contribution in [2.45, 2.75) is 6.61 Å². The second kappa shape index (κ2) is 5.84. The topological polar surface area (TPSA) is 64.7 Å². The molecule has 0 aliphatic rings. The summed E-state index contributed by atoms with van der Waals surface area (Å²) in [6.45, 7) is 0.357. The average Bonchev–Trinajstić information content (AvgIpc) is 2.40. The molecule has 0 saturated carbocycles. The molecule has 0 bridgehead atoms. The van der Waals surface area contributed by atoms with Crippen molar-refractivity contribution in [3.63, 3.8) is 0 Å². The summed E-state index contributed by atoms with van der Waals surface area (Å²) in [6, 6.07) is 10.6. The van der Waals surface area contributed by atoms with E-state index in [1.165, 1.54) is 6.07 Å². The van der Waals surface area contributed by atoms with E-state index in [0.717, 1.165) is 15.8 Å². The number of phenolic OH excluding ortho intramolecular Hbond substituents is 1. The van der Waals surface area contributed by atoms with E-state index in [1.54, 1.807) is 19.2 Å². The fourth-order valence-corrected chi connectivity index (χ4v) is 2.21. The van der Waals surface area contributed by atoms with Crippen LogP contribution in [0.25, 0.3) is 0 Å². The molecule has 0 aromatic heterocycles. The van der Waals surface area contributed by atoms with Crippen LogP contribution in [-0.4, -0.2) is 12.2 Å². The van der Waals surface area contributed by atoms with Gasteiger partial charge in [-0.2, -0.15) is 0 Å². The van der Waals surface area contributed by atoms with E-state index in [0.29, 0.717) is 12.4 Å². The first-order valence-electron chi connectivity index (χ1n) is 5.64. The van der Waals surface area contributed by atoms with Crippen LogP contribution in [0.5, 0.6) is 17.2 Å². The Morgan fingerprint density at radius 1 is 1.21 bits per heavy atom. The molecule has 19 heavy (non-hydrogen) atoms. The maximum Gasteiger partial charge on any atom is 0.146 e. The van der Waals surface area contributed by atoms with Crippen LogP contribution in [0.2, 0.25) is 0 Å². The van der Waals surface area contributed by atoms with Gasteiger partial charge in [-0.25, -0.2) is 0 Å². The average molecular weight is 324 g/mol. The minimum absolute atomic E-state index is 0.0217. The van der Waals surface area contributed by atoms with Gasteiger partial charge in [-0.15, -0.1) is 0 Å². The second-order valence-electron chi connectivity index (χ2n) is 3.95. The number of para-hydroxylation sites is 1. The smallest absolute Gasteiger partial charge is 0.146 e. The van der Waals surface area contributed by atoms with Crippen molar-refractivity contribution in [3.05, 3.63) is 46.4 Å². The first-order valence-corrected chi connectivity index (χ1v) is 6.44. The third-order valence-electron chi connectivity index (χ3n) is 2.65. The zero-order valence-corrected chi connectivity index (χ0v) is 12.0. The lowest BCUT2D eigenvalue weighted by atomic mass is 10.2. The van der Waals surface area contributed by atoms with Crippen molar-refractivity contribution in [2.24, 2.45) is 0 Å². The van der Waals surface area contributed by atoms with Crippen LogP contribution in [0.4, 0.5) is 5.69 Å². The predicted molar refractivity (Wildman–Crippen MR) is 77.5 cm³/mol. The Balaban J connectivity index is 2.10. The van der Waals surface area contributed by atoms with Gasteiger partial charge < -0.3 is 20.3 Å². The number of hydrogen-bond donors (Lipinski definition) is 2. The molecular formula is C14H14BrNO3. The highest BCUT2D eigenvalue weighted by molar-refractivity contribution is 9.10. The molecule has 0 saturated heterocycles. The van der Waals surface area contributed by atoms with Gasteiger partial charge in [0.1, 0.15) is 29.5 Å². The lowest BCUT2D eigenvalue weighted by Crippen LogP contribution is -1.99. The highest BCUT2D eigenvalue weighted by Crippen LogP contribution is 2.31. The summed E-state index contributed by atoms with van der Waals surface area (Å²) in [5.41, 5.74) is 6.93. The molecule has 2 aromatic rings. The summed E-state index contributed by atoms with van der Waals surface area (Å²) in [6.07, 6.45) is 0. The van der Waals surface area contributed by atoms with Gasteiger partial charge in [-0.05, 0) is 45.8 Å². The maximum absolute atomic E-state index is 9.48. The number of halogens is 1. The van der Waals surface area contributed by atoms with Gasteiger partial charge in [0.2, 0.25) is 0 Å². The van der Waals surface area contributed by atoms with E-state index >= 15 is 0 Å². The number of phenols is 1. The zero-order chi connectivity index (χ0) is 13.8. The van der Waals surface area contributed by atoms with E-state index in [1.807, 2.05) is 18.2 Å². The number of anilines is 1. The van der Waals surface area contributed by atoms with Gasteiger partial charge in [0.15, 0.2) is 0 Å². The standard InChI is InChI=1S/C14H14BrNO3/c1-18-12-6-5-9(7-10(12)15)8-19-13-4-2-3-11(17)14(13)16/h2-7,17H,8,16H2,1H3. The van der Waals surface area contributed by atoms with E-state index in [4.69, 9.17) is 15.2 Å². The minimum Gasteiger partial charge on any atom is -0.506 e. The van der Waals surface area contributed by atoms with Crippen LogP contribution in [0.3, 0.4) is 0 Å². The molecule has 2 aromatic carbocycles. The Morgan fingerprint density at radius 3 is 2.68 bits per heavy atom. The molecule has 2 rings (SSSR count). The lowest BCUT2D eigenvalue weighted by molar-refractivity contribution is 0.306. The largest absolute Gasteiger partial charge is 0.506 e. The van der Waals surface area contributed by atoms with Gasteiger partial charge in [-0.3, -0.25) is 0 Å². The number of nitrogen functional groups attached to an aromatic ring is 1. The highest BCUT2D eigenvalue weighted by atomic mass is 79.9. The molecule has 0 heterocycles. The molecule has 0 radical (unpaired) electrons. The maximum atomic E-state index is 9.48. The van der Waals surface area contributed by atoms with Gasteiger partial charge in [0, 0.05) is 0 Å². The zero-order valence-electron chi connectivity index (χ0n) is 10.4. The third-order valence-corrected chi connectivity index (χ3v) is 3.27. The summed E-state index contributed by atoms with van der Waals surface area (Å²) in [5.74, 6) is 1.25. The monoisotopic (exact) mass is 323 g/mol. The Hall–Kier alpha value is -1.88. The molecule has 0 fully saturated rings. The molecule has 0 aliphatic heterocycles. The SMILES string of the molecule is COc1ccc(COc2cccc(O)c2N)cc1Br. The van der Waals surface area contributed by atoms with Crippen molar-refractivity contribution in [1.29, 1.82) is 0 Å². The molecular weight excluding hydrogens is 310 g/mol. The lowest BCUT2D eigenvalue weighted by Gasteiger charge is -2.11. The molecule has 0 atom stereocenters. The van der Waals surface area contributed by atoms with Crippen molar-refractivity contribution in [1.82, 2.24) is 0 Å². The van der Waals surface area contributed by atoms with Crippen LogP contribution in [-0.2, 0) is 6.61 Å². The fourth-order valence-electron chi connectivity index (χ4n) is 1.62. The number of methoxy groups -OCH3 is 1. The normalized spacial score (nSPS) is 10.2. The summed E-state index contributed by atoms with van der Waals surface area (Å²) >= 11 is 3.41. The minimum atomic E-state index is 0.0217. The summed E-state index contributed by atoms with van der Waals surface area (Å²) in [7, 11) is 1.61. The number of aromatic hydroxyl groups is 1. The molecule has 0 aliphatic carbocycles. The second-order valence-corrected chi connectivity index (χ2v) is 4.80. The molecule has 0 amide bonds. The first-order chi connectivity index (χ1) is 9.11. The van der Waals surface area contributed by atoms with E-state index < -0.39 is 0 Å². The molecule has 4 nitrogen and oxygen atoms in total. The number of ether oxygens (including phenoxy) is 2. The van der Waals surface area contributed by atoms with E-state index in [-0.39, 0.29) is 11.4 Å². The van der Waals surface area contributed by atoms with E-state index in [2.05, 4.69) is 15.9 Å². The van der Waals surface area contributed by atoms with Gasteiger partial charge in [0.05, 0.1) is 11.6 Å². The number of nitrogens with two attached hydrogens (primary N) is 1. The molecule has 3 N–H and O–H groups in total. The van der Waals surface area contributed by atoms with Crippen molar-refractivity contribution >= 4 is 21.6 Å². The van der Waals surface area contributed by atoms with Crippen LogP contribution < -0.4 is 15.2 Å². The van der Waals surface area contributed by atoms with Crippen molar-refractivity contribution in [3.8, 4) is 17.2 Å². The van der Waals surface area contributed by atoms with Gasteiger partial charge in [-0.1, -0.05) is 12.1 Å².